The molecule has 0 saturated carbocycles. The molecule has 1 aromatic heterocycles. The van der Waals surface area contributed by atoms with Crippen molar-refractivity contribution < 1.29 is 9.21 Å². The molecule has 0 bridgehead atoms. The van der Waals surface area contributed by atoms with E-state index in [0.29, 0.717) is 18.3 Å². The Labute approximate surface area is 130 Å². The highest BCUT2D eigenvalue weighted by atomic mass is 16.3. The van der Waals surface area contributed by atoms with E-state index in [0.717, 1.165) is 29.7 Å². The Morgan fingerprint density at radius 2 is 2.32 bits per heavy atom. The SMILES string of the molecule is Cc1cc2cccc(NC(=O)NCC[C@H]3CCCN3C)c2o1. The average Bonchev–Trinajstić information content (AvgIpc) is 3.05. The first-order chi connectivity index (χ1) is 10.6. The van der Waals surface area contributed by atoms with Crippen molar-refractivity contribution in [3.05, 3.63) is 30.0 Å². The largest absolute Gasteiger partial charge is 0.459 e. The highest BCUT2D eigenvalue weighted by Crippen LogP contribution is 2.26. The van der Waals surface area contributed by atoms with Crippen LogP contribution in [0.5, 0.6) is 0 Å². The van der Waals surface area contributed by atoms with Crippen LogP contribution in [0, 0.1) is 6.92 Å². The van der Waals surface area contributed by atoms with E-state index in [-0.39, 0.29) is 6.03 Å². The molecule has 0 spiro atoms. The minimum absolute atomic E-state index is 0.179. The maximum absolute atomic E-state index is 12.0. The van der Waals surface area contributed by atoms with Gasteiger partial charge in [-0.3, -0.25) is 0 Å². The van der Waals surface area contributed by atoms with Gasteiger partial charge in [-0.2, -0.15) is 0 Å². The van der Waals surface area contributed by atoms with Gasteiger partial charge in [0.05, 0.1) is 5.69 Å². The van der Waals surface area contributed by atoms with Crippen molar-refractivity contribution in [1.82, 2.24) is 10.2 Å². The molecule has 2 amide bonds. The zero-order valence-corrected chi connectivity index (χ0v) is 13.2. The number of para-hydroxylation sites is 1. The predicted octanol–water partition coefficient (Wildman–Crippen LogP) is 3.35. The molecule has 2 heterocycles. The number of benzene rings is 1. The first kappa shape index (κ1) is 14.9. The fraction of sp³-hybridized carbons (Fsp3) is 0.471. The number of urea groups is 1. The maximum Gasteiger partial charge on any atom is 0.319 e. The number of nitrogens with one attached hydrogen (secondary N) is 2. The second-order valence-corrected chi connectivity index (χ2v) is 6.03. The lowest BCUT2D eigenvalue weighted by atomic mass is 10.1. The lowest BCUT2D eigenvalue weighted by Gasteiger charge is -2.19. The van der Waals surface area contributed by atoms with Crippen molar-refractivity contribution in [2.24, 2.45) is 0 Å². The first-order valence-electron chi connectivity index (χ1n) is 7.88. The lowest BCUT2D eigenvalue weighted by molar-refractivity contribution is 0.248. The normalized spacial score (nSPS) is 18.7. The van der Waals surface area contributed by atoms with Gasteiger partial charge in [-0.05, 0) is 51.9 Å². The summed E-state index contributed by atoms with van der Waals surface area (Å²) in [6.45, 7) is 3.76. The minimum atomic E-state index is -0.179. The summed E-state index contributed by atoms with van der Waals surface area (Å²) in [7, 11) is 2.15. The number of fused-ring (bicyclic) bond motifs is 1. The first-order valence-corrected chi connectivity index (χ1v) is 7.88. The van der Waals surface area contributed by atoms with Crippen LogP contribution in [0.4, 0.5) is 10.5 Å². The summed E-state index contributed by atoms with van der Waals surface area (Å²) in [4.78, 5) is 14.4. The van der Waals surface area contributed by atoms with Crippen molar-refractivity contribution in [1.29, 1.82) is 0 Å². The predicted molar refractivity (Wildman–Crippen MR) is 88.2 cm³/mol. The molecule has 1 atom stereocenters. The van der Waals surface area contributed by atoms with E-state index in [1.54, 1.807) is 0 Å². The van der Waals surface area contributed by atoms with Crippen molar-refractivity contribution in [2.45, 2.75) is 32.2 Å². The third kappa shape index (κ3) is 3.25. The quantitative estimate of drug-likeness (QED) is 0.910. The van der Waals surface area contributed by atoms with Crippen LogP contribution >= 0.6 is 0 Å². The molecule has 5 heteroatoms. The summed E-state index contributed by atoms with van der Waals surface area (Å²) in [5, 5.41) is 6.81. The topological polar surface area (TPSA) is 57.5 Å². The van der Waals surface area contributed by atoms with Gasteiger partial charge in [-0.15, -0.1) is 0 Å². The number of carbonyl (C=O) groups is 1. The standard InChI is InChI=1S/C17H23N3O2/c1-12-11-13-5-3-7-15(16(13)22-12)19-17(21)18-9-8-14-6-4-10-20(14)2/h3,5,7,11,14H,4,6,8-10H2,1-2H3,(H2,18,19,21)/t14-/m1/s1. The van der Waals surface area contributed by atoms with Crippen LogP contribution in [0.2, 0.25) is 0 Å². The van der Waals surface area contributed by atoms with Gasteiger partial charge >= 0.3 is 6.03 Å². The third-order valence-corrected chi connectivity index (χ3v) is 4.35. The van der Waals surface area contributed by atoms with Crippen LogP contribution in [0.1, 0.15) is 25.0 Å². The summed E-state index contributed by atoms with van der Waals surface area (Å²) in [6, 6.07) is 8.13. The van der Waals surface area contributed by atoms with Gasteiger partial charge in [0.25, 0.3) is 0 Å². The summed E-state index contributed by atoms with van der Waals surface area (Å²) < 4.78 is 5.65. The third-order valence-electron chi connectivity index (χ3n) is 4.35. The molecule has 0 radical (unpaired) electrons. The highest BCUT2D eigenvalue weighted by molar-refractivity contribution is 5.99. The van der Waals surface area contributed by atoms with Crippen LogP contribution in [-0.2, 0) is 0 Å². The Balaban J connectivity index is 1.54. The Morgan fingerprint density at radius 1 is 1.45 bits per heavy atom. The van der Waals surface area contributed by atoms with Gasteiger partial charge in [-0.25, -0.2) is 4.79 Å². The number of furan rings is 1. The van der Waals surface area contributed by atoms with E-state index in [4.69, 9.17) is 4.42 Å². The number of anilines is 1. The number of carbonyl (C=O) groups excluding carboxylic acids is 1. The van der Waals surface area contributed by atoms with Gasteiger partial charge in [0.15, 0.2) is 5.58 Å². The Kier molecular flexibility index (Phi) is 4.34. The zero-order chi connectivity index (χ0) is 15.5. The molecule has 22 heavy (non-hydrogen) atoms. The van der Waals surface area contributed by atoms with E-state index in [9.17, 15) is 4.79 Å². The summed E-state index contributed by atoms with van der Waals surface area (Å²) in [5.41, 5.74) is 1.44. The van der Waals surface area contributed by atoms with Crippen LogP contribution < -0.4 is 10.6 Å². The molecule has 2 aromatic rings. The molecule has 1 saturated heterocycles. The molecule has 3 rings (SSSR count). The van der Waals surface area contributed by atoms with E-state index >= 15 is 0 Å². The fourth-order valence-corrected chi connectivity index (χ4v) is 3.15. The van der Waals surface area contributed by atoms with Gasteiger partial charge in [0, 0.05) is 18.0 Å². The molecule has 1 aromatic carbocycles. The fourth-order valence-electron chi connectivity index (χ4n) is 3.15. The molecule has 0 unspecified atom stereocenters. The van der Waals surface area contributed by atoms with E-state index in [2.05, 4.69) is 22.6 Å². The lowest BCUT2D eigenvalue weighted by Crippen LogP contribution is -2.34. The van der Waals surface area contributed by atoms with Crippen molar-refractivity contribution >= 4 is 22.7 Å². The van der Waals surface area contributed by atoms with Crippen LogP contribution in [0.25, 0.3) is 11.0 Å². The van der Waals surface area contributed by atoms with Gasteiger partial charge in [-0.1, -0.05) is 12.1 Å². The monoisotopic (exact) mass is 301 g/mol. The van der Waals surface area contributed by atoms with Gasteiger partial charge in [0.1, 0.15) is 5.76 Å². The number of hydrogen-bond acceptors (Lipinski definition) is 3. The second-order valence-electron chi connectivity index (χ2n) is 6.03. The smallest absolute Gasteiger partial charge is 0.319 e. The number of amides is 2. The Bertz CT molecular complexity index is 665. The highest BCUT2D eigenvalue weighted by Gasteiger charge is 2.20. The van der Waals surface area contributed by atoms with E-state index in [1.807, 2.05) is 31.2 Å². The molecule has 1 fully saturated rings. The zero-order valence-electron chi connectivity index (χ0n) is 13.2. The van der Waals surface area contributed by atoms with Gasteiger partial charge in [0.2, 0.25) is 0 Å². The number of nitrogens with zero attached hydrogens (tertiary/aromatic N) is 1. The number of likely N-dealkylation sites (tertiary alicyclic amines) is 1. The van der Waals surface area contributed by atoms with E-state index < -0.39 is 0 Å². The Morgan fingerprint density at radius 3 is 3.09 bits per heavy atom. The molecule has 1 aliphatic rings. The number of hydrogen-bond donors (Lipinski definition) is 2. The average molecular weight is 301 g/mol. The molecule has 118 valence electrons. The van der Waals surface area contributed by atoms with E-state index in [1.165, 1.54) is 12.8 Å². The van der Waals surface area contributed by atoms with Crippen LogP contribution in [0.3, 0.4) is 0 Å². The summed E-state index contributed by atoms with van der Waals surface area (Å²) >= 11 is 0. The molecule has 2 N–H and O–H groups in total. The number of rotatable bonds is 4. The second kappa shape index (κ2) is 6.40. The molecular weight excluding hydrogens is 278 g/mol. The Hall–Kier alpha value is -2.01. The number of aryl methyl sites for hydroxylation is 1. The van der Waals surface area contributed by atoms with Crippen molar-refractivity contribution in [3.63, 3.8) is 0 Å². The summed E-state index contributed by atoms with van der Waals surface area (Å²) in [6.07, 6.45) is 3.48. The van der Waals surface area contributed by atoms with Crippen LogP contribution in [-0.4, -0.2) is 37.1 Å². The summed E-state index contributed by atoms with van der Waals surface area (Å²) in [5.74, 6) is 0.842. The van der Waals surface area contributed by atoms with Crippen molar-refractivity contribution in [2.75, 3.05) is 25.5 Å². The molecular formula is C17H23N3O2. The molecule has 5 nitrogen and oxygen atoms in total. The van der Waals surface area contributed by atoms with Gasteiger partial charge < -0.3 is 20.0 Å². The van der Waals surface area contributed by atoms with Crippen molar-refractivity contribution in [3.8, 4) is 0 Å². The molecule has 0 aliphatic carbocycles. The maximum atomic E-state index is 12.0. The van der Waals surface area contributed by atoms with Crippen LogP contribution in [0.15, 0.2) is 28.7 Å². The minimum Gasteiger partial charge on any atom is -0.459 e. The molecule has 1 aliphatic heterocycles.